The van der Waals surface area contributed by atoms with Crippen molar-refractivity contribution in [2.24, 2.45) is 4.99 Å². The Morgan fingerprint density at radius 2 is 1.65 bits per heavy atom. The molecule has 0 aliphatic rings. The summed E-state index contributed by atoms with van der Waals surface area (Å²) in [6.45, 7) is 2.04. The summed E-state index contributed by atoms with van der Waals surface area (Å²) in [5, 5.41) is 12.2. The van der Waals surface area contributed by atoms with Gasteiger partial charge in [0.1, 0.15) is 5.75 Å². The Labute approximate surface area is 118 Å². The first-order valence-electron chi connectivity index (χ1n) is 6.55. The van der Waals surface area contributed by atoms with E-state index in [0.717, 1.165) is 22.0 Å². The molecule has 0 spiro atoms. The molecular weight excluding hydrogens is 246 g/mol. The van der Waals surface area contributed by atoms with E-state index in [0.29, 0.717) is 0 Å². The molecule has 0 unspecified atom stereocenters. The van der Waals surface area contributed by atoms with Crippen LogP contribution in [0.2, 0.25) is 0 Å². The summed E-state index contributed by atoms with van der Waals surface area (Å²) in [6.07, 6.45) is 1.70. The fourth-order valence-electron chi connectivity index (χ4n) is 2.15. The third-order valence-electron chi connectivity index (χ3n) is 3.32. The third kappa shape index (κ3) is 2.41. The van der Waals surface area contributed by atoms with Crippen molar-refractivity contribution in [1.29, 1.82) is 0 Å². The maximum Gasteiger partial charge on any atom is 0.132 e. The molecule has 0 radical (unpaired) electrons. The first kappa shape index (κ1) is 12.4. The van der Waals surface area contributed by atoms with Gasteiger partial charge in [-0.25, -0.2) is 0 Å². The van der Waals surface area contributed by atoms with Crippen molar-refractivity contribution in [3.8, 4) is 5.75 Å². The summed E-state index contributed by atoms with van der Waals surface area (Å²) in [7, 11) is 0. The number of aromatic hydroxyl groups is 1. The van der Waals surface area contributed by atoms with Gasteiger partial charge in [-0.15, -0.1) is 0 Å². The van der Waals surface area contributed by atoms with Gasteiger partial charge in [0, 0.05) is 17.2 Å². The van der Waals surface area contributed by atoms with Crippen molar-refractivity contribution < 1.29 is 5.11 Å². The molecule has 0 aliphatic carbocycles. The van der Waals surface area contributed by atoms with Gasteiger partial charge in [0.05, 0.1) is 5.69 Å². The summed E-state index contributed by atoms with van der Waals surface area (Å²) >= 11 is 0. The first-order chi connectivity index (χ1) is 9.74. The maximum atomic E-state index is 10.3. The SMILES string of the molecule is Cc1ccc(N=Cc2ccc3ccccc3c2O)cc1. The van der Waals surface area contributed by atoms with E-state index < -0.39 is 0 Å². The smallest absolute Gasteiger partial charge is 0.132 e. The molecule has 1 N–H and O–H groups in total. The van der Waals surface area contributed by atoms with Crippen LogP contribution in [-0.2, 0) is 0 Å². The minimum atomic E-state index is 0.277. The fraction of sp³-hybridized carbons (Fsp3) is 0.0556. The number of phenolic OH excluding ortho intramolecular Hbond substituents is 1. The molecule has 3 rings (SSSR count). The van der Waals surface area contributed by atoms with Crippen molar-refractivity contribution in [3.63, 3.8) is 0 Å². The van der Waals surface area contributed by atoms with Crippen LogP contribution in [0.1, 0.15) is 11.1 Å². The van der Waals surface area contributed by atoms with E-state index in [2.05, 4.69) is 4.99 Å². The number of aryl methyl sites for hydroxylation is 1. The summed E-state index contributed by atoms with van der Waals surface area (Å²) < 4.78 is 0. The molecule has 3 aromatic carbocycles. The predicted octanol–water partition coefficient (Wildman–Crippen LogP) is 4.60. The predicted molar refractivity (Wildman–Crippen MR) is 84.0 cm³/mol. The van der Waals surface area contributed by atoms with Gasteiger partial charge in [0.15, 0.2) is 0 Å². The molecule has 0 saturated heterocycles. The van der Waals surface area contributed by atoms with E-state index in [4.69, 9.17) is 0 Å². The number of nitrogens with zero attached hydrogens (tertiary/aromatic N) is 1. The highest BCUT2D eigenvalue weighted by molar-refractivity contribution is 5.97. The Hall–Kier alpha value is -2.61. The number of hydrogen-bond acceptors (Lipinski definition) is 2. The van der Waals surface area contributed by atoms with Gasteiger partial charge in [0.2, 0.25) is 0 Å². The Morgan fingerprint density at radius 3 is 2.45 bits per heavy atom. The standard InChI is InChI=1S/C18H15NO/c1-13-6-10-16(11-7-13)19-12-15-9-8-14-4-2-3-5-17(14)18(15)20/h2-12,20H,1H3. The third-order valence-corrected chi connectivity index (χ3v) is 3.32. The van der Waals surface area contributed by atoms with E-state index in [9.17, 15) is 5.11 Å². The van der Waals surface area contributed by atoms with Crippen molar-refractivity contribution in [3.05, 3.63) is 71.8 Å². The molecule has 3 aromatic rings. The van der Waals surface area contributed by atoms with Gasteiger partial charge >= 0.3 is 0 Å². The topological polar surface area (TPSA) is 32.6 Å². The number of rotatable bonds is 2. The first-order valence-corrected chi connectivity index (χ1v) is 6.55. The summed E-state index contributed by atoms with van der Waals surface area (Å²) in [5.41, 5.74) is 2.81. The zero-order valence-corrected chi connectivity index (χ0v) is 11.2. The summed E-state index contributed by atoms with van der Waals surface area (Å²) in [5.74, 6) is 0.277. The Bertz CT molecular complexity index is 773. The largest absolute Gasteiger partial charge is 0.507 e. The van der Waals surface area contributed by atoms with Crippen molar-refractivity contribution in [2.45, 2.75) is 6.92 Å². The van der Waals surface area contributed by atoms with Crippen LogP contribution in [0, 0.1) is 6.92 Å². The summed E-state index contributed by atoms with van der Waals surface area (Å²) in [6, 6.07) is 19.6. The van der Waals surface area contributed by atoms with Crippen LogP contribution in [0.5, 0.6) is 5.75 Å². The highest BCUT2D eigenvalue weighted by atomic mass is 16.3. The van der Waals surface area contributed by atoms with Crippen LogP contribution in [0.15, 0.2) is 65.7 Å². The molecule has 0 saturated carbocycles. The molecule has 0 heterocycles. The van der Waals surface area contributed by atoms with Crippen LogP contribution in [0.25, 0.3) is 10.8 Å². The van der Waals surface area contributed by atoms with Gasteiger partial charge in [-0.2, -0.15) is 0 Å². The fourth-order valence-corrected chi connectivity index (χ4v) is 2.15. The van der Waals surface area contributed by atoms with E-state index in [1.54, 1.807) is 6.21 Å². The average Bonchev–Trinajstić information content (AvgIpc) is 2.49. The van der Waals surface area contributed by atoms with Gasteiger partial charge in [-0.3, -0.25) is 4.99 Å². The van der Waals surface area contributed by atoms with E-state index in [1.807, 2.05) is 67.6 Å². The number of phenols is 1. The van der Waals surface area contributed by atoms with Crippen molar-refractivity contribution >= 4 is 22.7 Å². The highest BCUT2D eigenvalue weighted by Crippen LogP contribution is 2.27. The lowest BCUT2D eigenvalue weighted by molar-refractivity contribution is 0.481. The minimum absolute atomic E-state index is 0.277. The van der Waals surface area contributed by atoms with Gasteiger partial charge in [-0.05, 0) is 30.5 Å². The lowest BCUT2D eigenvalue weighted by Crippen LogP contribution is -1.84. The van der Waals surface area contributed by atoms with Gasteiger partial charge < -0.3 is 5.11 Å². The van der Waals surface area contributed by atoms with E-state index in [-0.39, 0.29) is 5.75 Å². The molecule has 0 fully saturated rings. The monoisotopic (exact) mass is 261 g/mol. The number of fused-ring (bicyclic) bond motifs is 1. The molecule has 0 aliphatic heterocycles. The quantitative estimate of drug-likeness (QED) is 0.671. The molecule has 0 bridgehead atoms. The normalized spacial score (nSPS) is 11.2. The van der Waals surface area contributed by atoms with Gasteiger partial charge in [0.25, 0.3) is 0 Å². The van der Waals surface area contributed by atoms with Crippen LogP contribution < -0.4 is 0 Å². The maximum absolute atomic E-state index is 10.3. The van der Waals surface area contributed by atoms with Crippen LogP contribution in [0.4, 0.5) is 5.69 Å². The zero-order valence-electron chi connectivity index (χ0n) is 11.2. The minimum Gasteiger partial charge on any atom is -0.507 e. The number of hydrogen-bond donors (Lipinski definition) is 1. The van der Waals surface area contributed by atoms with Crippen molar-refractivity contribution in [2.75, 3.05) is 0 Å². The second kappa shape index (κ2) is 5.17. The van der Waals surface area contributed by atoms with Crippen LogP contribution in [-0.4, -0.2) is 11.3 Å². The Morgan fingerprint density at radius 1 is 0.900 bits per heavy atom. The molecule has 20 heavy (non-hydrogen) atoms. The number of aliphatic imine (C=N–C) groups is 1. The molecule has 98 valence electrons. The van der Waals surface area contributed by atoms with Crippen LogP contribution >= 0.6 is 0 Å². The lowest BCUT2D eigenvalue weighted by Gasteiger charge is -2.04. The van der Waals surface area contributed by atoms with E-state index >= 15 is 0 Å². The second-order valence-electron chi connectivity index (χ2n) is 4.82. The van der Waals surface area contributed by atoms with Gasteiger partial charge in [-0.1, -0.05) is 48.0 Å². The highest BCUT2D eigenvalue weighted by Gasteiger charge is 2.03. The van der Waals surface area contributed by atoms with Crippen LogP contribution in [0.3, 0.4) is 0 Å². The lowest BCUT2D eigenvalue weighted by atomic mass is 10.1. The second-order valence-corrected chi connectivity index (χ2v) is 4.82. The molecule has 0 atom stereocenters. The molecular formula is C18H15NO. The van der Waals surface area contributed by atoms with E-state index in [1.165, 1.54) is 5.56 Å². The zero-order chi connectivity index (χ0) is 13.9. The molecule has 2 heteroatoms. The van der Waals surface area contributed by atoms with Crippen molar-refractivity contribution in [1.82, 2.24) is 0 Å². The number of benzene rings is 3. The Balaban J connectivity index is 1.98. The molecule has 0 amide bonds. The average molecular weight is 261 g/mol. The molecule has 0 aromatic heterocycles. The molecule has 2 nitrogen and oxygen atoms in total. The Kier molecular flexibility index (Phi) is 3.21. The summed E-state index contributed by atoms with van der Waals surface area (Å²) in [4.78, 5) is 4.40.